The van der Waals surface area contributed by atoms with Crippen LogP contribution in [-0.2, 0) is 13.1 Å². The van der Waals surface area contributed by atoms with Crippen molar-refractivity contribution in [1.82, 2.24) is 4.90 Å². The van der Waals surface area contributed by atoms with E-state index in [0.717, 1.165) is 6.54 Å². The quantitative estimate of drug-likeness (QED) is 0.826. The summed E-state index contributed by atoms with van der Waals surface area (Å²) in [5, 5.41) is 10.1. The molecule has 2 aromatic carbocycles. The third kappa shape index (κ3) is 3.95. The van der Waals surface area contributed by atoms with Gasteiger partial charge in [0.2, 0.25) is 0 Å². The first-order chi connectivity index (χ1) is 11.8. The van der Waals surface area contributed by atoms with E-state index < -0.39 is 0 Å². The summed E-state index contributed by atoms with van der Waals surface area (Å²) in [5.41, 5.74) is 3.25. The van der Waals surface area contributed by atoms with Crippen LogP contribution in [0.2, 0.25) is 0 Å². The number of phenols is 1. The minimum atomic E-state index is 0.133. The monoisotopic (exact) mass is 324 g/mol. The molecule has 4 heteroatoms. The molecule has 0 aliphatic carbocycles. The van der Waals surface area contributed by atoms with Gasteiger partial charge in [-0.05, 0) is 49.2 Å². The topological polar surface area (TPSA) is 45.1 Å². The number of phenolic OH excluding ortho intramolecular Hbond substituents is 1. The van der Waals surface area contributed by atoms with Gasteiger partial charge in [0.15, 0.2) is 11.5 Å². The van der Waals surface area contributed by atoms with E-state index in [0.29, 0.717) is 17.9 Å². The summed E-state index contributed by atoms with van der Waals surface area (Å²) < 4.78 is 5.13. The molecule has 126 valence electrons. The van der Waals surface area contributed by atoms with Crippen LogP contribution < -0.4 is 4.74 Å². The molecular formula is C20H24N2O2. The second kappa shape index (κ2) is 7.97. The average Bonchev–Trinajstić information content (AvgIpc) is 3.11. The largest absolute Gasteiger partial charge is 0.504 e. The molecule has 0 atom stereocenters. The van der Waals surface area contributed by atoms with Gasteiger partial charge in [-0.25, -0.2) is 0 Å². The van der Waals surface area contributed by atoms with Gasteiger partial charge < -0.3 is 9.84 Å². The fourth-order valence-electron chi connectivity index (χ4n) is 3.10. The lowest BCUT2D eigenvalue weighted by molar-refractivity contribution is 0.330. The van der Waals surface area contributed by atoms with E-state index in [4.69, 9.17) is 4.74 Å². The number of hydrogen-bond acceptors (Lipinski definition) is 4. The van der Waals surface area contributed by atoms with E-state index in [2.05, 4.69) is 34.2 Å². The molecule has 0 spiro atoms. The fourth-order valence-corrected chi connectivity index (χ4v) is 3.10. The average molecular weight is 324 g/mol. The summed E-state index contributed by atoms with van der Waals surface area (Å²) in [6.45, 7) is 3.99. The highest BCUT2D eigenvalue weighted by molar-refractivity contribution is 5.84. The molecule has 1 aliphatic rings. The lowest BCUT2D eigenvalue weighted by Gasteiger charge is -2.16. The summed E-state index contributed by atoms with van der Waals surface area (Å²) in [5.74, 6) is 0.600. The van der Waals surface area contributed by atoms with Gasteiger partial charge in [0.05, 0.1) is 13.7 Å². The Hall–Kier alpha value is -2.33. The first-order valence-corrected chi connectivity index (χ1v) is 8.43. The number of ether oxygens (including phenoxy) is 1. The highest BCUT2D eigenvalue weighted by Gasteiger charge is 2.13. The lowest BCUT2D eigenvalue weighted by atomic mass is 10.1. The van der Waals surface area contributed by atoms with Crippen molar-refractivity contribution < 1.29 is 9.84 Å². The smallest absolute Gasteiger partial charge is 0.166 e. The SMILES string of the molecule is COc1cccc(C=NCc2ccccc2CN2CCCC2)c1O. The van der Waals surface area contributed by atoms with Crippen molar-refractivity contribution in [2.45, 2.75) is 25.9 Å². The number of nitrogens with zero attached hydrogens (tertiary/aromatic N) is 2. The number of aliphatic imine (C=N–C) groups is 1. The molecule has 1 heterocycles. The normalized spacial score (nSPS) is 15.2. The zero-order valence-corrected chi connectivity index (χ0v) is 14.1. The Labute approximate surface area is 143 Å². The van der Waals surface area contributed by atoms with Crippen LogP contribution in [0.3, 0.4) is 0 Å². The maximum atomic E-state index is 10.1. The summed E-state index contributed by atoms with van der Waals surface area (Å²) in [6, 6.07) is 13.9. The maximum absolute atomic E-state index is 10.1. The van der Waals surface area contributed by atoms with Crippen molar-refractivity contribution in [3.8, 4) is 11.5 Å². The molecule has 3 rings (SSSR count). The Morgan fingerprint density at radius 2 is 1.83 bits per heavy atom. The minimum Gasteiger partial charge on any atom is -0.504 e. The van der Waals surface area contributed by atoms with Crippen LogP contribution in [0.1, 0.15) is 29.5 Å². The molecule has 0 aromatic heterocycles. The molecule has 1 aliphatic heterocycles. The number of methoxy groups -OCH3 is 1. The highest BCUT2D eigenvalue weighted by atomic mass is 16.5. The second-order valence-electron chi connectivity index (χ2n) is 6.12. The molecule has 0 radical (unpaired) electrons. The molecule has 0 bridgehead atoms. The van der Waals surface area contributed by atoms with E-state index in [1.165, 1.54) is 37.1 Å². The number of hydrogen-bond donors (Lipinski definition) is 1. The maximum Gasteiger partial charge on any atom is 0.166 e. The van der Waals surface area contributed by atoms with Crippen LogP contribution in [0.4, 0.5) is 0 Å². The summed E-state index contributed by atoms with van der Waals surface area (Å²) in [6.07, 6.45) is 4.31. The van der Waals surface area contributed by atoms with Crippen molar-refractivity contribution >= 4 is 6.21 Å². The molecule has 1 fully saturated rings. The van der Waals surface area contributed by atoms with E-state index >= 15 is 0 Å². The van der Waals surface area contributed by atoms with Crippen molar-refractivity contribution in [2.24, 2.45) is 4.99 Å². The van der Waals surface area contributed by atoms with Crippen LogP contribution in [0.15, 0.2) is 47.5 Å². The van der Waals surface area contributed by atoms with Crippen LogP contribution in [-0.4, -0.2) is 36.4 Å². The Balaban J connectivity index is 1.70. The fraction of sp³-hybridized carbons (Fsp3) is 0.350. The first kappa shape index (κ1) is 16.5. The molecule has 0 amide bonds. The molecule has 1 saturated heterocycles. The molecule has 1 N–H and O–H groups in total. The van der Waals surface area contributed by atoms with Gasteiger partial charge in [0.25, 0.3) is 0 Å². The minimum absolute atomic E-state index is 0.133. The van der Waals surface area contributed by atoms with Crippen molar-refractivity contribution in [2.75, 3.05) is 20.2 Å². The summed E-state index contributed by atoms with van der Waals surface area (Å²) in [4.78, 5) is 7.02. The molecule has 24 heavy (non-hydrogen) atoms. The van der Waals surface area contributed by atoms with Gasteiger partial charge in [-0.2, -0.15) is 0 Å². The molecule has 0 unspecified atom stereocenters. The van der Waals surface area contributed by atoms with Gasteiger partial charge in [-0.3, -0.25) is 9.89 Å². The predicted molar refractivity (Wildman–Crippen MR) is 96.9 cm³/mol. The standard InChI is InChI=1S/C20H24N2O2/c1-24-19-10-6-9-17(20(19)23)14-21-13-16-7-2-3-8-18(16)15-22-11-4-5-12-22/h2-3,6-10,14,23H,4-5,11-13,15H2,1H3. The number of para-hydroxylation sites is 1. The molecule has 2 aromatic rings. The van der Waals surface area contributed by atoms with Crippen molar-refractivity contribution in [3.05, 3.63) is 59.2 Å². The number of likely N-dealkylation sites (tertiary alicyclic amines) is 1. The number of benzene rings is 2. The van der Waals surface area contributed by atoms with Crippen molar-refractivity contribution in [1.29, 1.82) is 0 Å². The van der Waals surface area contributed by atoms with Gasteiger partial charge in [0, 0.05) is 18.3 Å². The molecule has 4 nitrogen and oxygen atoms in total. The zero-order chi connectivity index (χ0) is 16.8. The van der Waals surface area contributed by atoms with Crippen molar-refractivity contribution in [3.63, 3.8) is 0 Å². The Morgan fingerprint density at radius 3 is 2.58 bits per heavy atom. The Kier molecular flexibility index (Phi) is 5.49. The van der Waals surface area contributed by atoms with Gasteiger partial charge >= 0.3 is 0 Å². The first-order valence-electron chi connectivity index (χ1n) is 8.43. The van der Waals surface area contributed by atoms with E-state index in [-0.39, 0.29) is 5.75 Å². The Morgan fingerprint density at radius 1 is 1.08 bits per heavy atom. The molecular weight excluding hydrogens is 300 g/mol. The lowest BCUT2D eigenvalue weighted by Crippen LogP contribution is -2.19. The van der Waals surface area contributed by atoms with Crippen LogP contribution >= 0.6 is 0 Å². The van der Waals surface area contributed by atoms with E-state index in [1.807, 2.05) is 12.1 Å². The van der Waals surface area contributed by atoms with Gasteiger partial charge in [0.1, 0.15) is 0 Å². The third-order valence-corrected chi connectivity index (χ3v) is 4.45. The van der Waals surface area contributed by atoms with Gasteiger partial charge in [-0.1, -0.05) is 30.3 Å². The highest BCUT2D eigenvalue weighted by Crippen LogP contribution is 2.28. The molecule has 0 saturated carbocycles. The van der Waals surface area contributed by atoms with E-state index in [1.54, 1.807) is 19.4 Å². The number of rotatable bonds is 6. The Bertz CT molecular complexity index is 707. The second-order valence-corrected chi connectivity index (χ2v) is 6.12. The number of aromatic hydroxyl groups is 1. The van der Waals surface area contributed by atoms with Crippen LogP contribution in [0, 0.1) is 0 Å². The predicted octanol–water partition coefficient (Wildman–Crippen LogP) is 3.62. The van der Waals surface area contributed by atoms with Gasteiger partial charge in [-0.15, -0.1) is 0 Å². The zero-order valence-electron chi connectivity index (χ0n) is 14.1. The van der Waals surface area contributed by atoms with E-state index in [9.17, 15) is 5.11 Å². The third-order valence-electron chi connectivity index (χ3n) is 4.45. The van der Waals surface area contributed by atoms with Crippen LogP contribution in [0.5, 0.6) is 11.5 Å². The summed E-state index contributed by atoms with van der Waals surface area (Å²) >= 11 is 0. The van der Waals surface area contributed by atoms with Crippen LogP contribution in [0.25, 0.3) is 0 Å². The summed E-state index contributed by atoms with van der Waals surface area (Å²) in [7, 11) is 1.55.